The van der Waals surface area contributed by atoms with Crippen molar-refractivity contribution in [3.8, 4) is 17.2 Å². The largest absolute Gasteiger partial charge is 0.493 e. The number of ether oxygens (including phenoxy) is 7. The van der Waals surface area contributed by atoms with Crippen LogP contribution in [0.25, 0.3) is 10.8 Å². The minimum absolute atomic E-state index is 0.00248. The summed E-state index contributed by atoms with van der Waals surface area (Å²) in [6.07, 6.45) is 3.96. The molecule has 0 amide bonds. The number of hydrogen-bond donors (Lipinski definition) is 0. The molecule has 0 saturated heterocycles. The summed E-state index contributed by atoms with van der Waals surface area (Å²) >= 11 is 0. The van der Waals surface area contributed by atoms with Crippen molar-refractivity contribution in [3.05, 3.63) is 81.0 Å². The molecule has 0 bridgehead atoms. The molecule has 0 spiro atoms. The van der Waals surface area contributed by atoms with Crippen molar-refractivity contribution in [1.29, 1.82) is 0 Å². The fourth-order valence-electron chi connectivity index (χ4n) is 3.29. The highest BCUT2D eigenvalue weighted by atomic mass is 16.6. The molecule has 2 rings (SSSR count). The van der Waals surface area contributed by atoms with Gasteiger partial charge in [0.15, 0.2) is 23.7 Å². The van der Waals surface area contributed by atoms with Crippen LogP contribution < -0.4 is 14.2 Å². The summed E-state index contributed by atoms with van der Waals surface area (Å²) in [6.45, 7) is 14.9. The highest BCUT2D eigenvalue weighted by Crippen LogP contribution is 2.41. The van der Waals surface area contributed by atoms with Gasteiger partial charge >= 0.3 is 11.9 Å². The van der Waals surface area contributed by atoms with Crippen molar-refractivity contribution in [2.24, 2.45) is 0 Å². The van der Waals surface area contributed by atoms with Gasteiger partial charge in [0, 0.05) is 29.0 Å². The number of carbonyl (C=O) groups is 2. The zero-order chi connectivity index (χ0) is 27.8. The predicted molar refractivity (Wildman–Crippen MR) is 144 cm³/mol. The van der Waals surface area contributed by atoms with E-state index in [9.17, 15) is 9.59 Å². The van der Waals surface area contributed by atoms with Crippen molar-refractivity contribution in [2.75, 3.05) is 46.8 Å². The van der Waals surface area contributed by atoms with Crippen LogP contribution in [0.15, 0.2) is 81.0 Å². The Balaban J connectivity index is 2.29. The van der Waals surface area contributed by atoms with Crippen LogP contribution in [0.2, 0.25) is 0 Å². The predicted octanol–water partition coefficient (Wildman–Crippen LogP) is 4.21. The zero-order valence-corrected chi connectivity index (χ0v) is 21.6. The van der Waals surface area contributed by atoms with E-state index in [4.69, 9.17) is 33.2 Å². The molecule has 204 valence electrons. The zero-order valence-electron chi connectivity index (χ0n) is 21.6. The van der Waals surface area contributed by atoms with E-state index in [0.717, 1.165) is 17.5 Å². The molecule has 0 aromatic heterocycles. The first-order valence-corrected chi connectivity index (χ1v) is 11.9. The van der Waals surface area contributed by atoms with Gasteiger partial charge in [0.25, 0.3) is 0 Å². The second kappa shape index (κ2) is 16.6. The average molecular weight is 527 g/mol. The minimum Gasteiger partial charge on any atom is -0.493 e. The van der Waals surface area contributed by atoms with E-state index in [-0.39, 0.29) is 26.4 Å². The van der Waals surface area contributed by atoms with Gasteiger partial charge in [-0.15, -0.1) is 13.2 Å². The van der Waals surface area contributed by atoms with E-state index >= 15 is 0 Å². The maximum atomic E-state index is 11.8. The first kappa shape index (κ1) is 30.1. The lowest BCUT2D eigenvalue weighted by Gasteiger charge is -2.22. The third-order valence-electron chi connectivity index (χ3n) is 4.96. The molecule has 2 aromatic carbocycles. The Kier molecular flexibility index (Phi) is 13.2. The van der Waals surface area contributed by atoms with Gasteiger partial charge in [-0.2, -0.15) is 0 Å². The summed E-state index contributed by atoms with van der Waals surface area (Å²) in [5, 5.41) is 1.43. The van der Waals surface area contributed by atoms with Crippen LogP contribution in [-0.2, 0) is 28.5 Å². The van der Waals surface area contributed by atoms with Gasteiger partial charge in [0.2, 0.25) is 0 Å². The Morgan fingerprint density at radius 3 is 1.79 bits per heavy atom. The smallest absolute Gasteiger partial charge is 0.330 e. The van der Waals surface area contributed by atoms with Crippen LogP contribution >= 0.6 is 0 Å². The van der Waals surface area contributed by atoms with Crippen LogP contribution in [0.4, 0.5) is 0 Å². The Bertz CT molecular complexity index is 1110. The Labute approximate surface area is 222 Å². The number of methoxy groups -OCH3 is 1. The summed E-state index contributed by atoms with van der Waals surface area (Å²) in [5.74, 6) is 0.128. The van der Waals surface area contributed by atoms with Crippen LogP contribution in [0.3, 0.4) is 0 Å². The molecule has 0 saturated carbocycles. The Morgan fingerprint density at radius 2 is 1.29 bits per heavy atom. The molecule has 2 atom stereocenters. The quantitative estimate of drug-likeness (QED) is 0.115. The number of rotatable bonds is 19. The topological polar surface area (TPSA) is 98.8 Å². The summed E-state index contributed by atoms with van der Waals surface area (Å²) in [4.78, 5) is 23.5. The number of benzene rings is 2. The SMILES string of the molecule is C=CCOCC(COc1cc(OC)c(OCC(COCC=C)OC(=O)C=C)c2ccccc12)OC(=O)C=C. The molecule has 0 aliphatic heterocycles. The first-order chi connectivity index (χ1) is 18.5. The van der Waals surface area contributed by atoms with E-state index in [1.807, 2.05) is 24.3 Å². The van der Waals surface area contributed by atoms with Gasteiger partial charge in [-0.25, -0.2) is 9.59 Å². The summed E-state index contributed by atoms with van der Waals surface area (Å²) in [6, 6.07) is 9.08. The Morgan fingerprint density at radius 1 is 0.763 bits per heavy atom. The summed E-state index contributed by atoms with van der Waals surface area (Å²) in [5.41, 5.74) is 0. The average Bonchev–Trinajstić information content (AvgIpc) is 2.94. The standard InChI is InChI=1S/C29H34O9/c1-6-14-33-17-21(37-27(30)8-3)19-35-25-16-26(32-5)29(24-13-11-10-12-23(24)25)36-20-22(18-34-15-7-2)38-28(31)9-4/h6-13,16,21-22H,1-4,14-15,17-20H2,5H3. The van der Waals surface area contributed by atoms with Crippen LogP contribution in [0.1, 0.15) is 0 Å². The van der Waals surface area contributed by atoms with E-state index in [1.54, 1.807) is 18.2 Å². The molecule has 9 heteroatoms. The lowest BCUT2D eigenvalue weighted by molar-refractivity contribution is -0.148. The van der Waals surface area contributed by atoms with Crippen LogP contribution in [0, 0.1) is 0 Å². The number of hydrogen-bond acceptors (Lipinski definition) is 9. The molecular formula is C29H34O9. The number of esters is 2. The van der Waals surface area contributed by atoms with Crippen molar-refractivity contribution >= 4 is 22.7 Å². The molecule has 0 aliphatic carbocycles. The van der Waals surface area contributed by atoms with Gasteiger partial charge in [0.1, 0.15) is 19.0 Å². The van der Waals surface area contributed by atoms with Gasteiger partial charge in [-0.1, -0.05) is 49.6 Å². The highest BCUT2D eigenvalue weighted by molar-refractivity contribution is 5.95. The highest BCUT2D eigenvalue weighted by Gasteiger charge is 2.21. The maximum Gasteiger partial charge on any atom is 0.330 e. The molecule has 38 heavy (non-hydrogen) atoms. The van der Waals surface area contributed by atoms with Crippen LogP contribution in [-0.4, -0.2) is 70.9 Å². The van der Waals surface area contributed by atoms with Crippen LogP contribution in [0.5, 0.6) is 17.2 Å². The van der Waals surface area contributed by atoms with Crippen molar-refractivity contribution < 1.29 is 42.7 Å². The summed E-state index contributed by atoms with van der Waals surface area (Å²) in [7, 11) is 1.50. The fourth-order valence-corrected chi connectivity index (χ4v) is 3.29. The molecule has 0 radical (unpaired) electrons. The fraction of sp³-hybridized carbons (Fsp3) is 0.310. The molecule has 0 aliphatic rings. The molecule has 0 fully saturated rings. The second-order valence-electron chi connectivity index (χ2n) is 7.75. The third kappa shape index (κ3) is 9.42. The van der Waals surface area contributed by atoms with Crippen molar-refractivity contribution in [3.63, 3.8) is 0 Å². The first-order valence-electron chi connectivity index (χ1n) is 11.9. The monoisotopic (exact) mass is 526 g/mol. The number of carbonyl (C=O) groups excluding carboxylic acids is 2. The lowest BCUT2D eigenvalue weighted by atomic mass is 10.1. The normalized spacial score (nSPS) is 12.0. The van der Waals surface area contributed by atoms with Gasteiger partial charge in [0.05, 0.1) is 33.5 Å². The molecule has 0 heterocycles. The van der Waals surface area contributed by atoms with Gasteiger partial charge < -0.3 is 33.2 Å². The molecule has 2 unspecified atom stereocenters. The maximum absolute atomic E-state index is 11.8. The number of fused-ring (bicyclic) bond motifs is 1. The Hall–Kier alpha value is -4.08. The molecule has 9 nitrogen and oxygen atoms in total. The minimum atomic E-state index is -0.698. The third-order valence-corrected chi connectivity index (χ3v) is 4.96. The molecule has 2 aromatic rings. The van der Waals surface area contributed by atoms with Crippen molar-refractivity contribution in [2.45, 2.75) is 12.2 Å². The van der Waals surface area contributed by atoms with Gasteiger partial charge in [-0.3, -0.25) is 0 Å². The van der Waals surface area contributed by atoms with E-state index < -0.39 is 24.1 Å². The molecular weight excluding hydrogens is 492 g/mol. The van der Waals surface area contributed by atoms with E-state index in [1.165, 1.54) is 7.11 Å². The van der Waals surface area contributed by atoms with Gasteiger partial charge in [-0.05, 0) is 0 Å². The molecule has 0 N–H and O–H groups in total. The second-order valence-corrected chi connectivity index (χ2v) is 7.75. The summed E-state index contributed by atoms with van der Waals surface area (Å²) < 4.78 is 39.3. The lowest BCUT2D eigenvalue weighted by Crippen LogP contribution is -2.29. The van der Waals surface area contributed by atoms with E-state index in [0.29, 0.717) is 35.8 Å². The van der Waals surface area contributed by atoms with E-state index in [2.05, 4.69) is 26.3 Å². The van der Waals surface area contributed by atoms with Crippen molar-refractivity contribution in [1.82, 2.24) is 0 Å².